The number of carbonyl (C=O) groups excluding carboxylic acids is 1. The molecule has 4 nitrogen and oxygen atoms in total. The van der Waals surface area contributed by atoms with Crippen molar-refractivity contribution in [1.82, 2.24) is 4.90 Å². The topological polar surface area (TPSA) is 66.6 Å². The third kappa shape index (κ3) is 3.55. The van der Waals surface area contributed by atoms with Gasteiger partial charge in [0, 0.05) is 32.0 Å². The highest BCUT2D eigenvalue weighted by atomic mass is 16.3. The van der Waals surface area contributed by atoms with Crippen molar-refractivity contribution >= 4 is 5.91 Å². The van der Waals surface area contributed by atoms with Crippen LogP contribution in [0.4, 0.5) is 0 Å². The number of nitrogens with two attached hydrogens (primary N) is 1. The van der Waals surface area contributed by atoms with E-state index >= 15 is 0 Å². The first-order chi connectivity index (χ1) is 8.65. The second-order valence-electron chi connectivity index (χ2n) is 4.98. The Hall–Kier alpha value is -1.39. The molecule has 1 amide bonds. The van der Waals surface area contributed by atoms with Gasteiger partial charge >= 0.3 is 0 Å². The minimum Gasteiger partial charge on any atom is -0.392 e. The Bertz CT molecular complexity index is 394. The van der Waals surface area contributed by atoms with E-state index in [0.717, 1.165) is 25.1 Å². The van der Waals surface area contributed by atoms with Crippen LogP contribution in [-0.4, -0.2) is 41.7 Å². The zero-order valence-corrected chi connectivity index (χ0v) is 10.5. The third-order valence-electron chi connectivity index (χ3n) is 3.44. The van der Waals surface area contributed by atoms with Gasteiger partial charge in [-0.2, -0.15) is 0 Å². The van der Waals surface area contributed by atoms with Gasteiger partial charge in [0.2, 0.25) is 5.91 Å². The Morgan fingerprint density at radius 3 is 2.72 bits per heavy atom. The second-order valence-corrected chi connectivity index (χ2v) is 4.98. The number of hydrogen-bond acceptors (Lipinski definition) is 3. The fourth-order valence-corrected chi connectivity index (χ4v) is 2.55. The molecule has 2 rings (SSSR count). The molecule has 4 heteroatoms. The predicted molar refractivity (Wildman–Crippen MR) is 70.1 cm³/mol. The molecule has 0 unspecified atom stereocenters. The summed E-state index contributed by atoms with van der Waals surface area (Å²) < 4.78 is 0. The molecule has 2 atom stereocenters. The largest absolute Gasteiger partial charge is 0.392 e. The number of rotatable bonds is 5. The SMILES string of the molecule is NC(=O)C[C@H](CN1CC[C@H](O)C1)c1ccccc1. The molecule has 18 heavy (non-hydrogen) atoms. The molecule has 1 aliphatic rings. The first-order valence-electron chi connectivity index (χ1n) is 6.39. The number of aliphatic hydroxyl groups excluding tert-OH is 1. The van der Waals surface area contributed by atoms with Gasteiger partial charge in [-0.15, -0.1) is 0 Å². The molecule has 1 aliphatic heterocycles. The standard InChI is InChI=1S/C14H20N2O2/c15-14(18)8-12(11-4-2-1-3-5-11)9-16-7-6-13(17)10-16/h1-5,12-13,17H,6-10H2,(H2,15,18)/t12-,13+/m1/s1. The molecule has 1 aromatic carbocycles. The van der Waals surface area contributed by atoms with E-state index in [1.807, 2.05) is 30.3 Å². The summed E-state index contributed by atoms with van der Waals surface area (Å²) in [5, 5.41) is 9.53. The molecule has 3 N–H and O–H groups in total. The van der Waals surface area contributed by atoms with Crippen LogP contribution < -0.4 is 5.73 Å². The van der Waals surface area contributed by atoms with Crippen molar-refractivity contribution in [1.29, 1.82) is 0 Å². The fourth-order valence-electron chi connectivity index (χ4n) is 2.55. The summed E-state index contributed by atoms with van der Waals surface area (Å²) in [5.74, 6) is -0.155. The maximum atomic E-state index is 11.2. The molecule has 1 saturated heterocycles. The van der Waals surface area contributed by atoms with E-state index in [2.05, 4.69) is 4.90 Å². The maximum absolute atomic E-state index is 11.2. The van der Waals surface area contributed by atoms with Gasteiger partial charge in [-0.1, -0.05) is 30.3 Å². The number of hydrogen-bond donors (Lipinski definition) is 2. The van der Waals surface area contributed by atoms with Crippen molar-refractivity contribution in [3.63, 3.8) is 0 Å². The predicted octanol–water partition coefficient (Wildman–Crippen LogP) is 0.712. The van der Waals surface area contributed by atoms with Crippen LogP contribution in [0.3, 0.4) is 0 Å². The first kappa shape index (κ1) is 13.1. The van der Waals surface area contributed by atoms with E-state index in [-0.39, 0.29) is 17.9 Å². The normalized spacial score (nSPS) is 21.9. The van der Waals surface area contributed by atoms with E-state index < -0.39 is 0 Å². The lowest BCUT2D eigenvalue weighted by atomic mass is 9.95. The number of nitrogens with zero attached hydrogens (tertiary/aromatic N) is 1. The van der Waals surface area contributed by atoms with Crippen molar-refractivity contribution in [2.24, 2.45) is 5.73 Å². The Kier molecular flexibility index (Phi) is 4.33. The van der Waals surface area contributed by atoms with Crippen LogP contribution >= 0.6 is 0 Å². The summed E-state index contributed by atoms with van der Waals surface area (Å²) >= 11 is 0. The molecule has 0 saturated carbocycles. The minimum atomic E-state index is -0.274. The van der Waals surface area contributed by atoms with Crippen LogP contribution in [0.5, 0.6) is 0 Å². The number of carbonyl (C=O) groups is 1. The first-order valence-corrected chi connectivity index (χ1v) is 6.39. The molecular formula is C14H20N2O2. The lowest BCUT2D eigenvalue weighted by Crippen LogP contribution is -2.29. The van der Waals surface area contributed by atoms with Crippen LogP contribution in [0.1, 0.15) is 24.3 Å². The minimum absolute atomic E-state index is 0.119. The van der Waals surface area contributed by atoms with E-state index in [9.17, 15) is 9.90 Å². The van der Waals surface area contributed by atoms with Crippen LogP contribution in [0, 0.1) is 0 Å². The summed E-state index contributed by atoms with van der Waals surface area (Å²) in [6.07, 6.45) is 0.948. The lowest BCUT2D eigenvalue weighted by Gasteiger charge is -2.23. The van der Waals surface area contributed by atoms with Crippen molar-refractivity contribution < 1.29 is 9.90 Å². The molecule has 98 valence electrons. The Morgan fingerprint density at radius 1 is 1.44 bits per heavy atom. The van der Waals surface area contributed by atoms with Gasteiger partial charge in [-0.3, -0.25) is 4.79 Å². The second kappa shape index (κ2) is 5.98. The molecule has 0 aromatic heterocycles. The van der Waals surface area contributed by atoms with E-state index in [1.165, 1.54) is 0 Å². The summed E-state index contributed by atoms with van der Waals surface area (Å²) in [6, 6.07) is 9.97. The number of β-amino-alcohol motifs (C(OH)–C–C–N with tert-alkyl or cyclic N) is 1. The van der Waals surface area contributed by atoms with Crippen molar-refractivity contribution in [3.8, 4) is 0 Å². The van der Waals surface area contributed by atoms with Gasteiger partial charge in [-0.05, 0) is 12.0 Å². The monoisotopic (exact) mass is 248 g/mol. The highest BCUT2D eigenvalue weighted by Crippen LogP contribution is 2.22. The summed E-state index contributed by atoms with van der Waals surface area (Å²) in [6.45, 7) is 2.37. The van der Waals surface area contributed by atoms with E-state index in [1.54, 1.807) is 0 Å². The summed E-state index contributed by atoms with van der Waals surface area (Å²) in [5.41, 5.74) is 6.46. The summed E-state index contributed by atoms with van der Waals surface area (Å²) in [7, 11) is 0. The molecule has 0 aliphatic carbocycles. The van der Waals surface area contributed by atoms with Gasteiger partial charge < -0.3 is 15.7 Å². The number of aliphatic hydroxyl groups is 1. The smallest absolute Gasteiger partial charge is 0.218 e. The molecular weight excluding hydrogens is 228 g/mol. The molecule has 0 radical (unpaired) electrons. The van der Waals surface area contributed by atoms with E-state index in [0.29, 0.717) is 13.0 Å². The van der Waals surface area contributed by atoms with Crippen molar-refractivity contribution in [2.75, 3.05) is 19.6 Å². The summed E-state index contributed by atoms with van der Waals surface area (Å²) in [4.78, 5) is 13.4. The number of amides is 1. The van der Waals surface area contributed by atoms with Gasteiger partial charge in [0.25, 0.3) is 0 Å². The highest BCUT2D eigenvalue weighted by Gasteiger charge is 2.24. The van der Waals surface area contributed by atoms with Gasteiger partial charge in [0.1, 0.15) is 0 Å². The molecule has 1 fully saturated rings. The van der Waals surface area contributed by atoms with E-state index in [4.69, 9.17) is 5.73 Å². The molecule has 0 spiro atoms. The van der Waals surface area contributed by atoms with Crippen molar-refractivity contribution in [3.05, 3.63) is 35.9 Å². The van der Waals surface area contributed by atoms with Crippen molar-refractivity contribution in [2.45, 2.75) is 24.9 Å². The average Bonchev–Trinajstić information content (AvgIpc) is 2.75. The maximum Gasteiger partial charge on any atom is 0.218 e. The average molecular weight is 248 g/mol. The van der Waals surface area contributed by atoms with Crippen LogP contribution in [0.15, 0.2) is 30.3 Å². The van der Waals surface area contributed by atoms with Gasteiger partial charge in [-0.25, -0.2) is 0 Å². The van der Waals surface area contributed by atoms with Crippen LogP contribution in [0.25, 0.3) is 0 Å². The fraction of sp³-hybridized carbons (Fsp3) is 0.500. The molecule has 0 bridgehead atoms. The number of primary amides is 1. The van der Waals surface area contributed by atoms with Crippen LogP contribution in [0.2, 0.25) is 0 Å². The highest BCUT2D eigenvalue weighted by molar-refractivity contribution is 5.74. The molecule has 1 heterocycles. The lowest BCUT2D eigenvalue weighted by molar-refractivity contribution is -0.118. The molecule has 1 aromatic rings. The third-order valence-corrected chi connectivity index (χ3v) is 3.44. The Balaban J connectivity index is 2.03. The Morgan fingerprint density at radius 2 is 2.17 bits per heavy atom. The van der Waals surface area contributed by atoms with Gasteiger partial charge in [0.15, 0.2) is 0 Å². The quantitative estimate of drug-likeness (QED) is 0.806. The van der Waals surface area contributed by atoms with Crippen LogP contribution in [-0.2, 0) is 4.79 Å². The number of likely N-dealkylation sites (tertiary alicyclic amines) is 1. The number of benzene rings is 1. The Labute approximate surface area is 107 Å². The zero-order valence-electron chi connectivity index (χ0n) is 10.5. The zero-order chi connectivity index (χ0) is 13.0. The van der Waals surface area contributed by atoms with Gasteiger partial charge in [0.05, 0.1) is 6.10 Å².